The van der Waals surface area contributed by atoms with Crippen molar-refractivity contribution in [2.75, 3.05) is 36.6 Å². The van der Waals surface area contributed by atoms with Crippen LogP contribution in [0.3, 0.4) is 0 Å². The molecular weight excluding hydrogens is 210 g/mol. The van der Waals surface area contributed by atoms with Gasteiger partial charge in [-0.25, -0.2) is 0 Å². The van der Waals surface area contributed by atoms with Gasteiger partial charge in [-0.15, -0.1) is 0 Å². The van der Waals surface area contributed by atoms with E-state index in [9.17, 15) is 0 Å². The number of hydrogen-bond donors (Lipinski definition) is 1. The number of hydrogen-bond acceptors (Lipinski definition) is 6. The monoisotopic (exact) mass is 225 g/mol. The smallest absolute Gasteiger partial charge is 0.231 e. The number of rotatable bonds is 3. The summed E-state index contributed by atoms with van der Waals surface area (Å²) in [4.78, 5) is 15.2. The fraction of sp³-hybridized carbons (Fsp3) is 0.667. The van der Waals surface area contributed by atoms with Crippen LogP contribution in [-0.4, -0.2) is 41.3 Å². The lowest BCUT2D eigenvalue weighted by molar-refractivity contribution is 0.831. The zero-order valence-electron chi connectivity index (χ0n) is 9.03. The van der Waals surface area contributed by atoms with E-state index in [4.69, 9.17) is 0 Å². The molecule has 15 heavy (non-hydrogen) atoms. The Morgan fingerprint density at radius 3 is 2.53 bits per heavy atom. The van der Waals surface area contributed by atoms with Crippen molar-refractivity contribution in [3.05, 3.63) is 0 Å². The molecule has 0 saturated carbocycles. The molecule has 0 aliphatic carbocycles. The van der Waals surface area contributed by atoms with Crippen LogP contribution in [0.1, 0.15) is 12.8 Å². The molecule has 0 unspecified atom stereocenters. The van der Waals surface area contributed by atoms with Crippen LogP contribution < -0.4 is 10.2 Å². The standard InChI is InChI=1S/C9H15N5S/c1-10-7-11-8(13-9(12-7)15-2)14-5-3-4-6-14/h3-6H2,1-2H3,(H,10,11,12,13). The third-order valence-electron chi connectivity index (χ3n) is 2.40. The van der Waals surface area contributed by atoms with Crippen molar-refractivity contribution in [1.82, 2.24) is 15.0 Å². The molecule has 2 heterocycles. The summed E-state index contributed by atoms with van der Waals surface area (Å²) < 4.78 is 0. The molecule has 82 valence electrons. The summed E-state index contributed by atoms with van der Waals surface area (Å²) in [6, 6.07) is 0. The van der Waals surface area contributed by atoms with Gasteiger partial charge in [0.2, 0.25) is 11.9 Å². The predicted octanol–water partition coefficient (Wildman–Crippen LogP) is 1.24. The first-order valence-electron chi connectivity index (χ1n) is 5.06. The Morgan fingerprint density at radius 2 is 1.93 bits per heavy atom. The molecule has 6 heteroatoms. The highest BCUT2D eigenvalue weighted by Gasteiger charge is 2.16. The quantitative estimate of drug-likeness (QED) is 0.781. The van der Waals surface area contributed by atoms with E-state index in [0.717, 1.165) is 24.2 Å². The molecule has 1 N–H and O–H groups in total. The van der Waals surface area contributed by atoms with Crippen molar-refractivity contribution in [3.8, 4) is 0 Å². The summed E-state index contributed by atoms with van der Waals surface area (Å²) in [5, 5.41) is 3.74. The van der Waals surface area contributed by atoms with E-state index in [1.807, 2.05) is 13.3 Å². The van der Waals surface area contributed by atoms with Crippen molar-refractivity contribution >= 4 is 23.7 Å². The van der Waals surface area contributed by atoms with Gasteiger partial charge in [-0.3, -0.25) is 0 Å². The largest absolute Gasteiger partial charge is 0.357 e. The van der Waals surface area contributed by atoms with Gasteiger partial charge in [0.15, 0.2) is 5.16 Å². The highest BCUT2D eigenvalue weighted by Crippen LogP contribution is 2.19. The minimum absolute atomic E-state index is 0.649. The Morgan fingerprint density at radius 1 is 1.20 bits per heavy atom. The normalized spacial score (nSPS) is 15.7. The molecule has 1 aliphatic rings. The first-order chi connectivity index (χ1) is 7.33. The highest BCUT2D eigenvalue weighted by atomic mass is 32.2. The van der Waals surface area contributed by atoms with Crippen molar-refractivity contribution in [2.45, 2.75) is 18.0 Å². The van der Waals surface area contributed by atoms with Gasteiger partial charge in [0.1, 0.15) is 0 Å². The second kappa shape index (κ2) is 4.65. The summed E-state index contributed by atoms with van der Waals surface area (Å²) in [5.41, 5.74) is 0. The van der Waals surface area contributed by atoms with Gasteiger partial charge < -0.3 is 10.2 Å². The Hall–Kier alpha value is -1.04. The maximum atomic E-state index is 4.41. The van der Waals surface area contributed by atoms with Crippen LogP contribution in [0.15, 0.2) is 5.16 Å². The Kier molecular flexibility index (Phi) is 3.25. The molecule has 0 spiro atoms. The van der Waals surface area contributed by atoms with Crippen LogP contribution in [-0.2, 0) is 0 Å². The third-order valence-corrected chi connectivity index (χ3v) is 2.95. The highest BCUT2D eigenvalue weighted by molar-refractivity contribution is 7.98. The molecular formula is C9H15N5S. The van der Waals surface area contributed by atoms with Gasteiger partial charge in [-0.2, -0.15) is 15.0 Å². The first-order valence-corrected chi connectivity index (χ1v) is 6.28. The van der Waals surface area contributed by atoms with E-state index in [2.05, 4.69) is 25.2 Å². The average molecular weight is 225 g/mol. The maximum Gasteiger partial charge on any atom is 0.231 e. The van der Waals surface area contributed by atoms with Gasteiger partial charge in [-0.1, -0.05) is 11.8 Å². The van der Waals surface area contributed by atoms with E-state index >= 15 is 0 Å². The van der Waals surface area contributed by atoms with E-state index in [1.165, 1.54) is 12.8 Å². The number of nitrogens with one attached hydrogen (secondary N) is 1. The zero-order chi connectivity index (χ0) is 10.7. The lowest BCUT2D eigenvalue weighted by atomic mass is 10.4. The lowest BCUT2D eigenvalue weighted by Crippen LogP contribution is -2.21. The molecule has 0 atom stereocenters. The molecule has 1 aliphatic heterocycles. The van der Waals surface area contributed by atoms with Crippen molar-refractivity contribution in [1.29, 1.82) is 0 Å². The van der Waals surface area contributed by atoms with Crippen LogP contribution in [0.5, 0.6) is 0 Å². The number of thioether (sulfide) groups is 1. The lowest BCUT2D eigenvalue weighted by Gasteiger charge is -2.15. The summed E-state index contributed by atoms with van der Waals surface area (Å²) in [6.45, 7) is 2.11. The summed E-state index contributed by atoms with van der Waals surface area (Å²) in [6.07, 6.45) is 4.44. The molecule has 0 aromatic carbocycles. The molecule has 1 saturated heterocycles. The summed E-state index contributed by atoms with van der Waals surface area (Å²) in [5.74, 6) is 1.45. The minimum Gasteiger partial charge on any atom is -0.357 e. The van der Waals surface area contributed by atoms with Gasteiger partial charge in [0.05, 0.1) is 0 Å². The van der Waals surface area contributed by atoms with Crippen molar-refractivity contribution < 1.29 is 0 Å². The van der Waals surface area contributed by atoms with E-state index < -0.39 is 0 Å². The van der Waals surface area contributed by atoms with Crippen LogP contribution in [0.4, 0.5) is 11.9 Å². The fourth-order valence-corrected chi connectivity index (χ4v) is 1.96. The average Bonchev–Trinajstić information content (AvgIpc) is 2.81. The number of anilines is 2. The van der Waals surface area contributed by atoms with Gasteiger partial charge >= 0.3 is 0 Å². The van der Waals surface area contributed by atoms with E-state index in [0.29, 0.717) is 5.95 Å². The van der Waals surface area contributed by atoms with Crippen LogP contribution >= 0.6 is 11.8 Å². The summed E-state index contributed by atoms with van der Waals surface area (Å²) >= 11 is 1.54. The molecule has 1 aromatic heterocycles. The van der Waals surface area contributed by atoms with Crippen LogP contribution in [0.2, 0.25) is 0 Å². The van der Waals surface area contributed by atoms with E-state index in [1.54, 1.807) is 11.8 Å². The Balaban J connectivity index is 2.28. The fourth-order valence-electron chi connectivity index (χ4n) is 1.61. The molecule has 1 fully saturated rings. The summed E-state index contributed by atoms with van der Waals surface area (Å²) in [7, 11) is 1.83. The molecule has 0 radical (unpaired) electrons. The van der Waals surface area contributed by atoms with Crippen LogP contribution in [0.25, 0.3) is 0 Å². The zero-order valence-corrected chi connectivity index (χ0v) is 9.84. The molecule has 0 amide bonds. The second-order valence-corrected chi connectivity index (χ2v) is 4.16. The van der Waals surface area contributed by atoms with E-state index in [-0.39, 0.29) is 0 Å². The van der Waals surface area contributed by atoms with Gasteiger partial charge in [-0.05, 0) is 19.1 Å². The number of nitrogens with zero attached hydrogens (tertiary/aromatic N) is 4. The van der Waals surface area contributed by atoms with Gasteiger partial charge in [0, 0.05) is 20.1 Å². The Labute approximate surface area is 93.7 Å². The third kappa shape index (κ3) is 2.31. The SMILES string of the molecule is CNc1nc(SC)nc(N2CCCC2)n1. The van der Waals surface area contributed by atoms with Crippen molar-refractivity contribution in [3.63, 3.8) is 0 Å². The topological polar surface area (TPSA) is 53.9 Å². The maximum absolute atomic E-state index is 4.41. The van der Waals surface area contributed by atoms with Crippen molar-refractivity contribution in [2.24, 2.45) is 0 Å². The minimum atomic E-state index is 0.649. The molecule has 2 rings (SSSR count). The Bertz CT molecular complexity index is 315. The van der Waals surface area contributed by atoms with Gasteiger partial charge in [0.25, 0.3) is 0 Å². The molecule has 0 bridgehead atoms. The molecule has 1 aromatic rings. The second-order valence-electron chi connectivity index (χ2n) is 3.39. The molecule has 5 nitrogen and oxygen atoms in total. The predicted molar refractivity (Wildman–Crippen MR) is 62.6 cm³/mol. The first kappa shape index (κ1) is 10.5. The van der Waals surface area contributed by atoms with Crippen LogP contribution in [0, 0.1) is 0 Å². The number of aromatic nitrogens is 3.